The average Bonchev–Trinajstić information content (AvgIpc) is 1.86. The molecule has 2 heteroatoms. The molecule has 0 aromatic heterocycles. The summed E-state index contributed by atoms with van der Waals surface area (Å²) in [5.74, 6) is 0. The van der Waals surface area contributed by atoms with E-state index in [9.17, 15) is 0 Å². The summed E-state index contributed by atoms with van der Waals surface area (Å²) in [6.07, 6.45) is 3.06. The minimum Gasteiger partial charge on any atom is -0.324 e. The van der Waals surface area contributed by atoms with Crippen LogP contribution in [0.5, 0.6) is 0 Å². The monoisotopic (exact) mass is 171 g/mol. The summed E-state index contributed by atoms with van der Waals surface area (Å²) in [5.41, 5.74) is 6.61. The summed E-state index contributed by atoms with van der Waals surface area (Å²) < 4.78 is 0. The van der Waals surface area contributed by atoms with E-state index < -0.39 is 8.07 Å². The highest BCUT2D eigenvalue weighted by atomic mass is 28.3. The van der Waals surface area contributed by atoms with Crippen LogP contribution in [0.1, 0.15) is 13.3 Å². The highest BCUT2D eigenvalue weighted by molar-refractivity contribution is 6.77. The first kappa shape index (κ1) is 10.9. The maximum atomic E-state index is 5.93. The van der Waals surface area contributed by atoms with Gasteiger partial charge in [0, 0.05) is 14.1 Å². The maximum absolute atomic E-state index is 5.93. The molecule has 2 N–H and O–H groups in total. The van der Waals surface area contributed by atoms with Crippen LogP contribution in [0.4, 0.5) is 0 Å². The molecule has 0 saturated heterocycles. The average molecular weight is 171 g/mol. The Hall–Kier alpha value is -0.0831. The third-order valence-electron chi connectivity index (χ3n) is 2.29. The van der Waals surface area contributed by atoms with Crippen molar-refractivity contribution in [3.63, 3.8) is 0 Å². The van der Waals surface area contributed by atoms with E-state index in [1.807, 2.05) is 6.08 Å². The van der Waals surface area contributed by atoms with Gasteiger partial charge in [-0.2, -0.15) is 0 Å². The molecule has 11 heavy (non-hydrogen) atoms. The van der Waals surface area contributed by atoms with Crippen molar-refractivity contribution >= 4 is 8.07 Å². The van der Waals surface area contributed by atoms with Crippen molar-refractivity contribution in [3.05, 3.63) is 12.7 Å². The van der Waals surface area contributed by atoms with Gasteiger partial charge in [0.15, 0.2) is 0 Å². The van der Waals surface area contributed by atoms with E-state index in [4.69, 9.17) is 5.73 Å². The smallest absolute Gasteiger partial charge is 0.0494 e. The molecule has 0 rings (SSSR count). The lowest BCUT2D eigenvalue weighted by molar-refractivity contribution is 0.678. The van der Waals surface area contributed by atoms with Crippen LogP contribution >= 0.6 is 0 Å². The molecule has 0 fully saturated rings. The lowest BCUT2D eigenvalue weighted by atomic mass is 10.2. The van der Waals surface area contributed by atoms with Crippen molar-refractivity contribution in [2.75, 3.05) is 0 Å². The van der Waals surface area contributed by atoms with Gasteiger partial charge in [0.2, 0.25) is 0 Å². The van der Waals surface area contributed by atoms with Gasteiger partial charge in [0.05, 0.1) is 0 Å². The van der Waals surface area contributed by atoms with Gasteiger partial charge >= 0.3 is 0 Å². The van der Waals surface area contributed by atoms with Crippen molar-refractivity contribution in [2.45, 2.75) is 44.6 Å². The number of hydrogen-bond donors (Lipinski definition) is 1. The Morgan fingerprint density at radius 1 is 1.45 bits per heavy atom. The minimum atomic E-state index is -1.07. The molecule has 0 bridgehead atoms. The summed E-state index contributed by atoms with van der Waals surface area (Å²) in [6.45, 7) is 13.1. The molecule has 0 aliphatic carbocycles. The van der Waals surface area contributed by atoms with Crippen molar-refractivity contribution in [1.29, 1.82) is 0 Å². The molecular formula is C9H21NSi. The zero-order valence-corrected chi connectivity index (χ0v) is 9.22. The molecule has 2 atom stereocenters. The summed E-state index contributed by atoms with van der Waals surface area (Å²) in [7, 11) is -1.07. The fraction of sp³-hybridized carbons (Fsp3) is 0.778. The summed E-state index contributed by atoms with van der Waals surface area (Å²) in [6, 6.07) is 0.201. The van der Waals surface area contributed by atoms with Gasteiger partial charge < -0.3 is 5.73 Å². The first-order valence-corrected chi connectivity index (χ1v) is 7.89. The lowest BCUT2D eigenvalue weighted by Gasteiger charge is -2.31. The normalized spacial score (nSPS) is 17.5. The van der Waals surface area contributed by atoms with Gasteiger partial charge in [0.25, 0.3) is 0 Å². The maximum Gasteiger partial charge on any atom is 0.0494 e. The van der Waals surface area contributed by atoms with E-state index in [2.05, 4.69) is 33.1 Å². The Bertz CT molecular complexity index is 126. The van der Waals surface area contributed by atoms with Gasteiger partial charge in [0.1, 0.15) is 0 Å². The first-order valence-electron chi connectivity index (χ1n) is 4.31. The van der Waals surface area contributed by atoms with Crippen LogP contribution in [-0.4, -0.2) is 14.1 Å². The zero-order chi connectivity index (χ0) is 9.07. The molecule has 0 aliphatic heterocycles. The third-order valence-corrected chi connectivity index (χ3v) is 5.31. The molecule has 0 aliphatic rings. The van der Waals surface area contributed by atoms with Gasteiger partial charge in [-0.15, -0.1) is 6.58 Å². The second-order valence-electron chi connectivity index (χ2n) is 4.19. The standard InChI is InChI=1S/C9H21NSi/c1-6-8(10)9(7-2)11(3,4)5/h6,8-9H,1,7,10H2,2-5H3. The van der Waals surface area contributed by atoms with Gasteiger partial charge in [-0.1, -0.05) is 39.1 Å². The topological polar surface area (TPSA) is 26.0 Å². The van der Waals surface area contributed by atoms with E-state index >= 15 is 0 Å². The predicted molar refractivity (Wildman–Crippen MR) is 55.6 cm³/mol. The number of nitrogens with two attached hydrogens (primary N) is 1. The van der Waals surface area contributed by atoms with Crippen LogP contribution in [0.2, 0.25) is 25.2 Å². The van der Waals surface area contributed by atoms with E-state index in [-0.39, 0.29) is 6.04 Å². The Morgan fingerprint density at radius 3 is 2.00 bits per heavy atom. The van der Waals surface area contributed by atoms with Crippen LogP contribution in [-0.2, 0) is 0 Å². The Morgan fingerprint density at radius 2 is 1.91 bits per heavy atom. The van der Waals surface area contributed by atoms with Crippen molar-refractivity contribution in [1.82, 2.24) is 0 Å². The van der Waals surface area contributed by atoms with Crippen LogP contribution < -0.4 is 5.73 Å². The predicted octanol–water partition coefficient (Wildman–Crippen LogP) is 2.62. The molecule has 0 radical (unpaired) electrons. The van der Waals surface area contributed by atoms with Gasteiger partial charge in [-0.25, -0.2) is 0 Å². The highest BCUT2D eigenvalue weighted by Gasteiger charge is 2.28. The largest absolute Gasteiger partial charge is 0.324 e. The van der Waals surface area contributed by atoms with Crippen molar-refractivity contribution < 1.29 is 0 Å². The van der Waals surface area contributed by atoms with E-state index in [1.54, 1.807) is 0 Å². The van der Waals surface area contributed by atoms with E-state index in [1.165, 1.54) is 6.42 Å². The Balaban J connectivity index is 4.27. The van der Waals surface area contributed by atoms with Crippen molar-refractivity contribution in [3.8, 4) is 0 Å². The van der Waals surface area contributed by atoms with Crippen LogP contribution in [0.15, 0.2) is 12.7 Å². The van der Waals surface area contributed by atoms with Crippen LogP contribution in [0, 0.1) is 0 Å². The summed E-state index contributed by atoms with van der Waals surface area (Å²) >= 11 is 0. The lowest BCUT2D eigenvalue weighted by Crippen LogP contribution is -2.39. The van der Waals surface area contributed by atoms with Crippen molar-refractivity contribution in [2.24, 2.45) is 5.73 Å². The molecule has 0 saturated carbocycles. The second kappa shape index (κ2) is 4.07. The molecule has 0 aromatic rings. The molecule has 66 valence electrons. The SMILES string of the molecule is C=CC(N)C(CC)[Si](C)(C)C. The van der Waals surface area contributed by atoms with Gasteiger partial charge in [-0.3, -0.25) is 0 Å². The molecular weight excluding hydrogens is 150 g/mol. The molecule has 0 amide bonds. The Labute approximate surface area is 71.7 Å². The van der Waals surface area contributed by atoms with Crippen LogP contribution in [0.3, 0.4) is 0 Å². The summed E-state index contributed by atoms with van der Waals surface area (Å²) in [5, 5.41) is 0. The van der Waals surface area contributed by atoms with E-state index in [0.29, 0.717) is 5.54 Å². The number of hydrogen-bond acceptors (Lipinski definition) is 1. The number of rotatable bonds is 4. The summed E-state index contributed by atoms with van der Waals surface area (Å²) in [4.78, 5) is 0. The molecule has 1 nitrogen and oxygen atoms in total. The van der Waals surface area contributed by atoms with Gasteiger partial charge in [-0.05, 0) is 5.54 Å². The first-order chi connectivity index (χ1) is 4.93. The molecule has 0 heterocycles. The zero-order valence-electron chi connectivity index (χ0n) is 8.22. The fourth-order valence-corrected chi connectivity index (χ4v) is 4.14. The molecule has 0 spiro atoms. The molecule has 0 aromatic carbocycles. The minimum absolute atomic E-state index is 0.201. The second-order valence-corrected chi connectivity index (χ2v) is 9.67. The highest BCUT2D eigenvalue weighted by Crippen LogP contribution is 2.27. The Kier molecular flexibility index (Phi) is 4.04. The third kappa shape index (κ3) is 3.21. The van der Waals surface area contributed by atoms with E-state index in [0.717, 1.165) is 0 Å². The fourth-order valence-electron chi connectivity index (χ4n) is 1.63. The molecule has 2 unspecified atom stereocenters. The van der Waals surface area contributed by atoms with Crippen LogP contribution in [0.25, 0.3) is 0 Å². The quantitative estimate of drug-likeness (QED) is 0.511.